The fraction of sp³-hybridized carbons (Fsp3) is 0.158. The molecule has 6 nitrogen and oxygen atoms in total. The highest BCUT2D eigenvalue weighted by molar-refractivity contribution is 7.10. The van der Waals surface area contributed by atoms with Crippen molar-refractivity contribution in [3.63, 3.8) is 0 Å². The van der Waals surface area contributed by atoms with E-state index in [2.05, 4.69) is 20.8 Å². The normalized spacial score (nSPS) is 16.0. The third kappa shape index (κ3) is 2.86. The molecule has 1 atom stereocenters. The van der Waals surface area contributed by atoms with Gasteiger partial charge in [0.15, 0.2) is 0 Å². The smallest absolute Gasteiger partial charge is 0.254 e. The average molecular weight is 366 g/mol. The van der Waals surface area contributed by atoms with Crippen LogP contribution in [-0.2, 0) is 4.79 Å². The van der Waals surface area contributed by atoms with E-state index in [-0.39, 0.29) is 11.8 Å². The number of nitrogens with one attached hydrogen (secondary N) is 3. The topological polar surface area (TPSA) is 79.0 Å². The lowest BCUT2D eigenvalue weighted by Gasteiger charge is -2.27. The highest BCUT2D eigenvalue weighted by Gasteiger charge is 2.34. The van der Waals surface area contributed by atoms with Gasteiger partial charge < -0.3 is 15.4 Å². The largest absolute Gasteiger partial charge is 0.497 e. The molecule has 1 unspecified atom stereocenters. The number of allylic oxidation sites excluding steroid dienone is 1. The number of carbonyl (C=O) groups is 1. The predicted octanol–water partition coefficient (Wildman–Crippen LogP) is 3.95. The number of H-pyrrole nitrogens is 1. The quantitative estimate of drug-likeness (QED) is 0.653. The first kappa shape index (κ1) is 16.4. The van der Waals surface area contributed by atoms with Crippen molar-refractivity contribution in [3.8, 4) is 5.75 Å². The number of carbonyl (C=O) groups excluding carboxylic acids is 1. The van der Waals surface area contributed by atoms with Crippen LogP contribution in [0.5, 0.6) is 5.75 Å². The van der Waals surface area contributed by atoms with Crippen molar-refractivity contribution in [2.75, 3.05) is 17.7 Å². The number of aromatic amines is 1. The molecule has 0 aliphatic carbocycles. The maximum atomic E-state index is 13.1. The maximum absolute atomic E-state index is 13.1. The Bertz CT molecular complexity index is 958. The molecule has 0 spiro atoms. The number of benzene rings is 1. The summed E-state index contributed by atoms with van der Waals surface area (Å²) in [6.45, 7) is 1.91. The lowest BCUT2D eigenvalue weighted by atomic mass is 9.86. The maximum Gasteiger partial charge on any atom is 0.254 e. The molecule has 26 heavy (non-hydrogen) atoms. The van der Waals surface area contributed by atoms with Crippen molar-refractivity contribution in [2.45, 2.75) is 12.8 Å². The molecule has 1 aromatic carbocycles. The van der Waals surface area contributed by atoms with Gasteiger partial charge in [-0.15, -0.1) is 11.3 Å². The predicted molar refractivity (Wildman–Crippen MR) is 103 cm³/mol. The van der Waals surface area contributed by atoms with Crippen LogP contribution in [0.15, 0.2) is 59.2 Å². The molecular weight excluding hydrogens is 348 g/mol. The number of amides is 1. The van der Waals surface area contributed by atoms with Crippen LogP contribution >= 0.6 is 11.3 Å². The average Bonchev–Trinajstić information content (AvgIpc) is 3.32. The number of anilines is 2. The van der Waals surface area contributed by atoms with Gasteiger partial charge in [0.25, 0.3) is 5.91 Å². The second-order valence-electron chi connectivity index (χ2n) is 6.00. The number of thiophene rings is 1. The summed E-state index contributed by atoms with van der Waals surface area (Å²) in [6.07, 6.45) is 1.78. The van der Waals surface area contributed by atoms with Crippen LogP contribution in [0.3, 0.4) is 0 Å². The highest BCUT2D eigenvalue weighted by Crippen LogP contribution is 2.42. The molecule has 3 N–H and O–H groups in total. The van der Waals surface area contributed by atoms with Gasteiger partial charge in [0.05, 0.1) is 19.2 Å². The van der Waals surface area contributed by atoms with Gasteiger partial charge in [-0.1, -0.05) is 6.07 Å². The molecule has 0 fully saturated rings. The van der Waals surface area contributed by atoms with Crippen molar-refractivity contribution >= 4 is 28.7 Å². The van der Waals surface area contributed by atoms with Crippen LogP contribution in [0, 0.1) is 0 Å². The van der Waals surface area contributed by atoms with Crippen molar-refractivity contribution in [1.82, 2.24) is 10.2 Å². The van der Waals surface area contributed by atoms with Crippen LogP contribution in [0.25, 0.3) is 0 Å². The number of hydrogen-bond donors (Lipinski definition) is 3. The van der Waals surface area contributed by atoms with Crippen LogP contribution in [0.4, 0.5) is 11.5 Å². The SMILES string of the molecule is COc1ccc(NC(=O)C2=C(C)Nc3[nH]ncc3C2c2cccs2)cc1. The Balaban J connectivity index is 1.69. The standard InChI is InChI=1S/C19H18N4O2S/c1-11-16(19(24)22-12-5-7-13(25-2)8-6-12)17(15-4-3-9-26-15)14-10-20-23-18(14)21-11/h3-10,17H,1-2H3,(H,22,24)(H2,20,21,23). The van der Waals surface area contributed by atoms with Gasteiger partial charge in [0.2, 0.25) is 0 Å². The minimum Gasteiger partial charge on any atom is -0.497 e. The summed E-state index contributed by atoms with van der Waals surface area (Å²) in [5, 5.41) is 15.4. The number of nitrogens with zero attached hydrogens (tertiary/aromatic N) is 1. The van der Waals surface area contributed by atoms with E-state index in [0.29, 0.717) is 5.57 Å². The first-order chi connectivity index (χ1) is 12.7. The van der Waals surface area contributed by atoms with Crippen molar-refractivity contribution in [3.05, 3.63) is 69.7 Å². The van der Waals surface area contributed by atoms with Crippen LogP contribution in [0.1, 0.15) is 23.3 Å². The minimum atomic E-state index is -0.150. The van der Waals surface area contributed by atoms with Gasteiger partial charge in [-0.2, -0.15) is 5.10 Å². The van der Waals surface area contributed by atoms with Crippen molar-refractivity contribution in [1.29, 1.82) is 0 Å². The van der Waals surface area contributed by atoms with E-state index >= 15 is 0 Å². The summed E-state index contributed by atoms with van der Waals surface area (Å²) in [6, 6.07) is 11.3. The third-order valence-electron chi connectivity index (χ3n) is 4.41. The highest BCUT2D eigenvalue weighted by atomic mass is 32.1. The summed E-state index contributed by atoms with van der Waals surface area (Å²) in [7, 11) is 1.61. The van der Waals surface area contributed by atoms with E-state index in [1.165, 1.54) is 0 Å². The van der Waals surface area contributed by atoms with Crippen LogP contribution in [0.2, 0.25) is 0 Å². The molecule has 2 aromatic heterocycles. The van der Waals surface area contributed by atoms with Crippen LogP contribution < -0.4 is 15.4 Å². The van der Waals surface area contributed by atoms with Gasteiger partial charge in [0, 0.05) is 27.4 Å². The molecular formula is C19H18N4O2S. The number of fused-ring (bicyclic) bond motifs is 1. The van der Waals surface area contributed by atoms with E-state index in [1.807, 2.05) is 48.7 Å². The zero-order valence-electron chi connectivity index (χ0n) is 14.4. The lowest BCUT2D eigenvalue weighted by molar-refractivity contribution is -0.113. The lowest BCUT2D eigenvalue weighted by Crippen LogP contribution is -2.26. The first-order valence-corrected chi connectivity index (χ1v) is 9.05. The van der Waals surface area contributed by atoms with E-state index in [4.69, 9.17) is 4.74 Å². The third-order valence-corrected chi connectivity index (χ3v) is 5.34. The summed E-state index contributed by atoms with van der Waals surface area (Å²) in [5.74, 6) is 1.30. The molecule has 3 aromatic rings. The minimum absolute atomic E-state index is 0.134. The monoisotopic (exact) mass is 366 g/mol. The van der Waals surface area contributed by atoms with Gasteiger partial charge in [-0.25, -0.2) is 0 Å². The van der Waals surface area contributed by atoms with Crippen LogP contribution in [-0.4, -0.2) is 23.2 Å². The second-order valence-corrected chi connectivity index (χ2v) is 6.97. The molecule has 4 rings (SSSR count). The van der Waals surface area contributed by atoms with Crippen molar-refractivity contribution in [2.24, 2.45) is 0 Å². The van der Waals surface area contributed by atoms with Gasteiger partial charge >= 0.3 is 0 Å². The Morgan fingerprint density at radius 2 is 2.08 bits per heavy atom. The summed E-state index contributed by atoms with van der Waals surface area (Å²) < 4.78 is 5.16. The molecule has 0 radical (unpaired) electrons. The van der Waals surface area contributed by atoms with Gasteiger partial charge in [0.1, 0.15) is 11.6 Å². The number of methoxy groups -OCH3 is 1. The fourth-order valence-electron chi connectivity index (χ4n) is 3.17. The Kier molecular flexibility index (Phi) is 4.22. The zero-order valence-corrected chi connectivity index (χ0v) is 15.2. The summed E-state index contributed by atoms with van der Waals surface area (Å²) in [5.41, 5.74) is 3.19. The summed E-state index contributed by atoms with van der Waals surface area (Å²) in [4.78, 5) is 14.2. The molecule has 3 heterocycles. The molecule has 1 aliphatic heterocycles. The molecule has 132 valence electrons. The fourth-order valence-corrected chi connectivity index (χ4v) is 4.02. The molecule has 0 saturated heterocycles. The van der Waals surface area contributed by atoms with E-state index in [9.17, 15) is 4.79 Å². The van der Waals surface area contributed by atoms with Gasteiger partial charge in [-0.05, 0) is 42.6 Å². The first-order valence-electron chi connectivity index (χ1n) is 8.17. The van der Waals surface area contributed by atoms with E-state index < -0.39 is 0 Å². The number of ether oxygens (including phenoxy) is 1. The Morgan fingerprint density at radius 1 is 1.27 bits per heavy atom. The second kappa shape index (κ2) is 6.68. The molecule has 1 amide bonds. The molecule has 0 bridgehead atoms. The Hall–Kier alpha value is -3.06. The van der Waals surface area contributed by atoms with E-state index in [1.54, 1.807) is 24.6 Å². The van der Waals surface area contributed by atoms with Crippen molar-refractivity contribution < 1.29 is 9.53 Å². The summed E-state index contributed by atoms with van der Waals surface area (Å²) >= 11 is 1.63. The number of rotatable bonds is 4. The number of hydrogen-bond acceptors (Lipinski definition) is 5. The van der Waals surface area contributed by atoms with E-state index in [0.717, 1.165) is 33.4 Å². The Morgan fingerprint density at radius 3 is 2.77 bits per heavy atom. The zero-order chi connectivity index (χ0) is 18.1. The van der Waals surface area contributed by atoms with Gasteiger partial charge in [-0.3, -0.25) is 9.89 Å². The molecule has 0 saturated carbocycles. The Labute approximate surface area is 154 Å². The molecule has 1 aliphatic rings. The molecule has 7 heteroatoms. The number of aromatic nitrogens is 2.